The summed E-state index contributed by atoms with van der Waals surface area (Å²) in [6.07, 6.45) is 0.736. The van der Waals surface area contributed by atoms with Crippen LogP contribution < -0.4 is 20.1 Å². The van der Waals surface area contributed by atoms with Gasteiger partial charge in [0.05, 0.1) is 20.1 Å². The minimum atomic E-state index is -0.374. The molecule has 0 radical (unpaired) electrons. The van der Waals surface area contributed by atoms with Gasteiger partial charge < -0.3 is 29.7 Å². The van der Waals surface area contributed by atoms with E-state index in [0.717, 1.165) is 12.0 Å². The maximum Gasteiger partial charge on any atom is 0.317 e. The first kappa shape index (κ1) is 23.8. The highest BCUT2D eigenvalue weighted by Crippen LogP contribution is 2.39. The first-order valence-corrected chi connectivity index (χ1v) is 10.3. The molecule has 2 N–H and O–H groups in total. The lowest BCUT2D eigenvalue weighted by Gasteiger charge is -2.25. The molecule has 1 saturated heterocycles. The van der Waals surface area contributed by atoms with Gasteiger partial charge in [-0.25, -0.2) is 4.79 Å². The molecule has 1 aromatic carbocycles. The second-order valence-corrected chi connectivity index (χ2v) is 8.54. The Morgan fingerprint density at radius 1 is 1.13 bits per heavy atom. The Balaban J connectivity index is 2.26. The van der Waals surface area contributed by atoms with Gasteiger partial charge in [0, 0.05) is 56.4 Å². The molecule has 3 amide bonds. The lowest BCUT2D eigenvalue weighted by molar-refractivity contribution is -0.124. The van der Waals surface area contributed by atoms with Gasteiger partial charge in [-0.15, -0.1) is 0 Å². The standard InChI is InChI=1S/C22H35N3O5/c1-22(2,3)24-21(27)25-13-17(16-9-8-15(29-5)12-19(16)30-6)18(14-25)20(26)23-10-7-11-28-4/h8-9,12,17-18H,7,10-11,13-14H2,1-6H3,(H,23,26)(H,24,27)/t17-,18+/m0/s1. The number of nitrogens with zero attached hydrogens (tertiary/aromatic N) is 1. The number of nitrogens with one attached hydrogen (secondary N) is 2. The molecule has 1 aliphatic heterocycles. The highest BCUT2D eigenvalue weighted by molar-refractivity contribution is 5.83. The van der Waals surface area contributed by atoms with Crippen molar-refractivity contribution < 1.29 is 23.8 Å². The summed E-state index contributed by atoms with van der Waals surface area (Å²) in [5.41, 5.74) is 0.534. The smallest absolute Gasteiger partial charge is 0.317 e. The Labute approximate surface area is 179 Å². The second-order valence-electron chi connectivity index (χ2n) is 8.54. The fourth-order valence-corrected chi connectivity index (χ4v) is 3.63. The average Bonchev–Trinajstić information content (AvgIpc) is 3.14. The van der Waals surface area contributed by atoms with Gasteiger partial charge in [-0.2, -0.15) is 0 Å². The van der Waals surface area contributed by atoms with Crippen LogP contribution in [0.2, 0.25) is 0 Å². The van der Waals surface area contributed by atoms with E-state index >= 15 is 0 Å². The number of methoxy groups -OCH3 is 3. The third-order valence-electron chi connectivity index (χ3n) is 5.09. The fourth-order valence-electron chi connectivity index (χ4n) is 3.63. The molecule has 0 bridgehead atoms. The van der Waals surface area contributed by atoms with E-state index in [9.17, 15) is 9.59 Å². The first-order valence-electron chi connectivity index (χ1n) is 10.3. The number of hydrogen-bond donors (Lipinski definition) is 2. The minimum absolute atomic E-state index is 0.0694. The third-order valence-corrected chi connectivity index (χ3v) is 5.09. The number of rotatable bonds is 8. The Kier molecular flexibility index (Phi) is 8.34. The normalized spacial score (nSPS) is 18.8. The quantitative estimate of drug-likeness (QED) is 0.629. The number of benzene rings is 1. The molecular weight excluding hydrogens is 386 g/mol. The number of carbonyl (C=O) groups excluding carboxylic acids is 2. The summed E-state index contributed by atoms with van der Waals surface area (Å²) in [4.78, 5) is 27.5. The van der Waals surface area contributed by atoms with Crippen LogP contribution in [0, 0.1) is 5.92 Å². The van der Waals surface area contributed by atoms with E-state index in [1.807, 2.05) is 32.9 Å². The van der Waals surface area contributed by atoms with Gasteiger partial charge >= 0.3 is 6.03 Å². The molecule has 0 saturated carbocycles. The highest BCUT2D eigenvalue weighted by Gasteiger charge is 2.42. The maximum atomic E-state index is 13.0. The molecule has 1 fully saturated rings. The van der Waals surface area contributed by atoms with Gasteiger partial charge in [-0.3, -0.25) is 4.79 Å². The van der Waals surface area contributed by atoms with Crippen LogP contribution in [0.25, 0.3) is 0 Å². The minimum Gasteiger partial charge on any atom is -0.497 e. The molecule has 0 unspecified atom stereocenters. The Morgan fingerprint density at radius 2 is 1.87 bits per heavy atom. The summed E-state index contributed by atoms with van der Waals surface area (Å²) in [6.45, 7) is 7.70. The highest BCUT2D eigenvalue weighted by atomic mass is 16.5. The molecule has 8 nitrogen and oxygen atoms in total. The average molecular weight is 422 g/mol. The first-order chi connectivity index (χ1) is 14.2. The summed E-state index contributed by atoms with van der Waals surface area (Å²) in [7, 11) is 4.83. The van der Waals surface area contributed by atoms with Gasteiger partial charge in [0.25, 0.3) is 0 Å². The zero-order valence-corrected chi connectivity index (χ0v) is 18.9. The van der Waals surface area contributed by atoms with Gasteiger partial charge in [-0.1, -0.05) is 6.07 Å². The summed E-state index contributed by atoms with van der Waals surface area (Å²) < 4.78 is 15.9. The van der Waals surface area contributed by atoms with Crippen LogP contribution in [-0.2, 0) is 9.53 Å². The van der Waals surface area contributed by atoms with Crippen molar-refractivity contribution in [3.63, 3.8) is 0 Å². The number of carbonyl (C=O) groups is 2. The van der Waals surface area contributed by atoms with E-state index in [4.69, 9.17) is 14.2 Å². The van der Waals surface area contributed by atoms with E-state index in [1.54, 1.807) is 32.3 Å². The predicted molar refractivity (Wildman–Crippen MR) is 115 cm³/mol. The van der Waals surface area contributed by atoms with Crippen LogP contribution in [0.15, 0.2) is 18.2 Å². The molecule has 0 spiro atoms. The molecule has 2 atom stereocenters. The molecule has 1 heterocycles. The van der Waals surface area contributed by atoms with Crippen molar-refractivity contribution in [2.75, 3.05) is 47.6 Å². The SMILES string of the molecule is COCCCNC(=O)[C@@H]1CN(C(=O)NC(C)(C)C)C[C@H]1c1ccc(OC)cc1OC. The van der Waals surface area contributed by atoms with Gasteiger partial charge in [0.15, 0.2) is 0 Å². The van der Waals surface area contributed by atoms with E-state index in [0.29, 0.717) is 37.7 Å². The zero-order valence-electron chi connectivity index (χ0n) is 18.9. The largest absolute Gasteiger partial charge is 0.497 e. The third kappa shape index (κ3) is 6.26. The van der Waals surface area contributed by atoms with Crippen molar-refractivity contribution in [3.8, 4) is 11.5 Å². The number of ether oxygens (including phenoxy) is 3. The molecule has 1 aliphatic rings. The van der Waals surface area contributed by atoms with Crippen LogP contribution in [0.3, 0.4) is 0 Å². The van der Waals surface area contributed by atoms with Gasteiger partial charge in [0.2, 0.25) is 5.91 Å². The van der Waals surface area contributed by atoms with Crippen molar-refractivity contribution in [1.29, 1.82) is 0 Å². The number of likely N-dealkylation sites (tertiary alicyclic amines) is 1. The van der Waals surface area contributed by atoms with Gasteiger partial charge in [0.1, 0.15) is 11.5 Å². The molecule has 2 rings (SSSR count). The van der Waals surface area contributed by atoms with Crippen molar-refractivity contribution in [2.45, 2.75) is 38.6 Å². The molecular formula is C22H35N3O5. The van der Waals surface area contributed by atoms with Crippen molar-refractivity contribution in [2.24, 2.45) is 5.92 Å². The number of amides is 3. The topological polar surface area (TPSA) is 89.1 Å². The summed E-state index contributed by atoms with van der Waals surface area (Å²) in [5, 5.41) is 5.97. The molecule has 30 heavy (non-hydrogen) atoms. The number of hydrogen-bond acceptors (Lipinski definition) is 5. The van der Waals surface area contributed by atoms with E-state index in [-0.39, 0.29) is 29.3 Å². The molecule has 8 heteroatoms. The monoisotopic (exact) mass is 421 g/mol. The van der Waals surface area contributed by atoms with Crippen LogP contribution in [0.1, 0.15) is 38.7 Å². The molecule has 168 valence electrons. The van der Waals surface area contributed by atoms with Crippen molar-refractivity contribution >= 4 is 11.9 Å². The van der Waals surface area contributed by atoms with Gasteiger partial charge in [-0.05, 0) is 33.3 Å². The van der Waals surface area contributed by atoms with Crippen LogP contribution in [0.5, 0.6) is 11.5 Å². The summed E-state index contributed by atoms with van der Waals surface area (Å²) in [5.74, 6) is 0.700. The molecule has 1 aromatic rings. The van der Waals surface area contributed by atoms with Crippen LogP contribution in [-0.4, -0.2) is 69.9 Å². The Bertz CT molecular complexity index is 732. The molecule has 0 aliphatic carbocycles. The molecule has 0 aromatic heterocycles. The van der Waals surface area contributed by atoms with Crippen LogP contribution in [0.4, 0.5) is 4.79 Å². The Hall–Kier alpha value is -2.48. The van der Waals surface area contributed by atoms with Crippen LogP contribution >= 0.6 is 0 Å². The second kappa shape index (κ2) is 10.5. The summed E-state index contributed by atoms with van der Waals surface area (Å²) in [6, 6.07) is 5.40. The predicted octanol–water partition coefficient (Wildman–Crippen LogP) is 2.38. The van der Waals surface area contributed by atoms with E-state index in [2.05, 4.69) is 10.6 Å². The fraction of sp³-hybridized carbons (Fsp3) is 0.636. The lowest BCUT2D eigenvalue weighted by Crippen LogP contribution is -2.48. The number of urea groups is 1. The van der Waals surface area contributed by atoms with E-state index in [1.165, 1.54) is 0 Å². The summed E-state index contributed by atoms with van der Waals surface area (Å²) >= 11 is 0. The maximum absolute atomic E-state index is 13.0. The van der Waals surface area contributed by atoms with Crippen molar-refractivity contribution in [3.05, 3.63) is 23.8 Å². The van der Waals surface area contributed by atoms with E-state index < -0.39 is 0 Å². The van der Waals surface area contributed by atoms with Crippen molar-refractivity contribution in [1.82, 2.24) is 15.5 Å². The lowest BCUT2D eigenvalue weighted by atomic mass is 9.87. The zero-order chi connectivity index (χ0) is 22.3. The Morgan fingerprint density at radius 3 is 2.47 bits per heavy atom.